The molecule has 1 saturated carbocycles. The summed E-state index contributed by atoms with van der Waals surface area (Å²) in [6.45, 7) is 6.39. The highest BCUT2D eigenvalue weighted by molar-refractivity contribution is 14.1. The number of alkyl halides is 1. The van der Waals surface area contributed by atoms with Crippen molar-refractivity contribution in [1.29, 1.82) is 0 Å². The largest absolute Gasteiger partial charge is 0.313 e. The summed E-state index contributed by atoms with van der Waals surface area (Å²) in [5.41, 5.74) is 5.86. The normalized spacial score (nSPS) is 32.8. The van der Waals surface area contributed by atoms with E-state index in [1.54, 1.807) is 0 Å². The molecule has 162 valence electrons. The second-order valence-corrected chi connectivity index (χ2v) is 10.4. The van der Waals surface area contributed by atoms with Crippen molar-refractivity contribution in [2.75, 3.05) is 19.6 Å². The standard InChI is InChI=1S/C23H37IN4O/c1-17-22(24)23(27-29-17)19-11-9-18(10-12-19)15-26-21-16-25-13-14-28(21)20-7-5-3-2-4-6-8-20/h9-12,17,20-23,25-27H,2-8,13-16H2,1H3. The summed E-state index contributed by atoms with van der Waals surface area (Å²) >= 11 is 2.49. The van der Waals surface area contributed by atoms with E-state index in [4.69, 9.17) is 4.84 Å². The average Bonchev–Trinajstić information content (AvgIpc) is 3.06. The maximum atomic E-state index is 5.59. The van der Waals surface area contributed by atoms with Gasteiger partial charge in [-0.3, -0.25) is 15.1 Å². The fourth-order valence-corrected chi connectivity index (χ4v) is 5.73. The maximum absolute atomic E-state index is 5.59. The molecule has 29 heavy (non-hydrogen) atoms. The van der Waals surface area contributed by atoms with Crippen LogP contribution in [0, 0.1) is 0 Å². The summed E-state index contributed by atoms with van der Waals surface area (Å²) in [5.74, 6) is 0. The van der Waals surface area contributed by atoms with Gasteiger partial charge in [0.25, 0.3) is 0 Å². The third-order valence-corrected chi connectivity index (χ3v) is 8.59. The molecule has 6 heteroatoms. The first-order chi connectivity index (χ1) is 14.2. The van der Waals surface area contributed by atoms with Crippen LogP contribution in [0.1, 0.15) is 69.0 Å². The summed E-state index contributed by atoms with van der Waals surface area (Å²) < 4.78 is 0.460. The lowest BCUT2D eigenvalue weighted by Crippen LogP contribution is -2.60. The van der Waals surface area contributed by atoms with E-state index < -0.39 is 0 Å². The predicted molar refractivity (Wildman–Crippen MR) is 127 cm³/mol. The molecule has 0 radical (unpaired) electrons. The van der Waals surface area contributed by atoms with Crippen molar-refractivity contribution in [3.05, 3.63) is 35.4 Å². The van der Waals surface area contributed by atoms with E-state index in [0.29, 0.717) is 10.1 Å². The number of nitrogens with zero attached hydrogens (tertiary/aromatic N) is 1. The van der Waals surface area contributed by atoms with Gasteiger partial charge in [0.15, 0.2) is 0 Å². The monoisotopic (exact) mass is 512 g/mol. The first kappa shape index (κ1) is 22.0. The van der Waals surface area contributed by atoms with Crippen molar-refractivity contribution >= 4 is 22.6 Å². The highest BCUT2D eigenvalue weighted by Crippen LogP contribution is 2.32. The molecule has 0 bridgehead atoms. The second-order valence-electron chi connectivity index (χ2n) is 8.94. The van der Waals surface area contributed by atoms with Gasteiger partial charge in [-0.15, -0.1) is 0 Å². The third-order valence-electron chi connectivity index (χ3n) is 6.86. The number of halogens is 1. The van der Waals surface area contributed by atoms with Crippen LogP contribution < -0.4 is 16.1 Å². The minimum absolute atomic E-state index is 0.250. The van der Waals surface area contributed by atoms with Gasteiger partial charge in [-0.05, 0) is 30.9 Å². The van der Waals surface area contributed by atoms with E-state index in [2.05, 4.69) is 74.8 Å². The van der Waals surface area contributed by atoms with E-state index in [1.165, 1.54) is 62.6 Å². The van der Waals surface area contributed by atoms with Crippen LogP contribution in [0.4, 0.5) is 0 Å². The van der Waals surface area contributed by atoms with Crippen LogP contribution in [0.2, 0.25) is 0 Å². The molecule has 5 nitrogen and oxygen atoms in total. The Morgan fingerprint density at radius 2 is 1.83 bits per heavy atom. The van der Waals surface area contributed by atoms with Crippen LogP contribution in [0.25, 0.3) is 0 Å². The Balaban J connectivity index is 1.33. The lowest BCUT2D eigenvalue weighted by Gasteiger charge is -2.42. The first-order valence-corrected chi connectivity index (χ1v) is 12.8. The van der Waals surface area contributed by atoms with Gasteiger partial charge in [-0.2, -0.15) is 5.48 Å². The molecular formula is C23H37IN4O. The molecule has 1 aromatic carbocycles. The molecule has 1 aliphatic carbocycles. The number of hydrogen-bond donors (Lipinski definition) is 3. The molecule has 2 saturated heterocycles. The van der Waals surface area contributed by atoms with Crippen LogP contribution >= 0.6 is 22.6 Å². The number of benzene rings is 1. The SMILES string of the molecule is CC1ONC(c2ccc(CNC3CNCCN3C3CCCCCCC3)cc2)C1I. The van der Waals surface area contributed by atoms with Crippen LogP contribution in [0.15, 0.2) is 24.3 Å². The molecule has 4 rings (SSSR count). The molecule has 1 aromatic rings. The number of hydrogen-bond acceptors (Lipinski definition) is 5. The van der Waals surface area contributed by atoms with Crippen LogP contribution in [-0.2, 0) is 11.4 Å². The van der Waals surface area contributed by atoms with E-state index >= 15 is 0 Å². The topological polar surface area (TPSA) is 48.6 Å². The average molecular weight is 512 g/mol. The van der Waals surface area contributed by atoms with Crippen molar-refractivity contribution in [2.24, 2.45) is 0 Å². The van der Waals surface area contributed by atoms with Crippen molar-refractivity contribution in [1.82, 2.24) is 21.0 Å². The molecule has 0 amide bonds. The zero-order valence-corrected chi connectivity index (χ0v) is 19.9. The van der Waals surface area contributed by atoms with Gasteiger partial charge in [0.2, 0.25) is 0 Å². The fourth-order valence-electron chi connectivity index (χ4n) is 5.02. The molecule has 2 aliphatic heterocycles. The zero-order valence-electron chi connectivity index (χ0n) is 17.7. The molecule has 0 aromatic heterocycles. The smallest absolute Gasteiger partial charge is 0.0899 e. The number of hydroxylamine groups is 1. The van der Waals surface area contributed by atoms with Crippen LogP contribution in [-0.4, -0.2) is 46.8 Å². The van der Waals surface area contributed by atoms with E-state index in [9.17, 15) is 0 Å². The van der Waals surface area contributed by atoms with Gasteiger partial charge < -0.3 is 5.32 Å². The quantitative estimate of drug-likeness (QED) is 0.413. The van der Waals surface area contributed by atoms with Crippen molar-refractivity contribution in [3.63, 3.8) is 0 Å². The number of nitrogens with one attached hydrogen (secondary N) is 3. The number of rotatable bonds is 5. The lowest BCUT2D eigenvalue weighted by molar-refractivity contribution is 0.0375. The summed E-state index contributed by atoms with van der Waals surface area (Å²) in [6.07, 6.45) is 10.5. The maximum Gasteiger partial charge on any atom is 0.0899 e. The Hall–Kier alpha value is -0.250. The molecule has 3 aliphatic rings. The minimum atomic E-state index is 0.250. The molecule has 3 N–H and O–H groups in total. The molecule has 0 spiro atoms. The Morgan fingerprint density at radius 3 is 2.52 bits per heavy atom. The molecular weight excluding hydrogens is 475 g/mol. The Morgan fingerprint density at radius 1 is 1.10 bits per heavy atom. The van der Waals surface area contributed by atoms with Crippen LogP contribution in [0.5, 0.6) is 0 Å². The van der Waals surface area contributed by atoms with E-state index in [0.717, 1.165) is 25.7 Å². The van der Waals surface area contributed by atoms with E-state index in [1.807, 2.05) is 0 Å². The Kier molecular flexibility index (Phi) is 8.23. The van der Waals surface area contributed by atoms with E-state index in [-0.39, 0.29) is 12.1 Å². The predicted octanol–water partition coefficient (Wildman–Crippen LogP) is 3.89. The zero-order chi connectivity index (χ0) is 20.1. The van der Waals surface area contributed by atoms with Gasteiger partial charge in [0.1, 0.15) is 0 Å². The number of piperazine rings is 1. The third kappa shape index (κ3) is 5.71. The van der Waals surface area contributed by atoms with Gasteiger partial charge >= 0.3 is 0 Å². The van der Waals surface area contributed by atoms with Crippen LogP contribution in [0.3, 0.4) is 0 Å². The summed E-state index contributed by atoms with van der Waals surface area (Å²) in [5, 5.41) is 7.44. The summed E-state index contributed by atoms with van der Waals surface area (Å²) in [4.78, 5) is 8.35. The lowest BCUT2D eigenvalue weighted by atomic mass is 9.95. The molecule has 4 unspecified atom stereocenters. The van der Waals surface area contributed by atoms with Gasteiger partial charge in [-0.1, -0.05) is 79.0 Å². The second kappa shape index (κ2) is 10.9. The first-order valence-electron chi connectivity index (χ1n) is 11.6. The highest BCUT2D eigenvalue weighted by atomic mass is 127. The molecule has 2 heterocycles. The Labute approximate surface area is 189 Å². The fraction of sp³-hybridized carbons (Fsp3) is 0.739. The van der Waals surface area contributed by atoms with Crippen molar-refractivity contribution in [2.45, 2.75) is 86.7 Å². The molecule has 4 atom stereocenters. The molecule has 3 fully saturated rings. The van der Waals surface area contributed by atoms with Crippen molar-refractivity contribution < 1.29 is 4.84 Å². The van der Waals surface area contributed by atoms with Crippen molar-refractivity contribution in [3.8, 4) is 0 Å². The van der Waals surface area contributed by atoms with Gasteiger partial charge in [0.05, 0.1) is 22.2 Å². The minimum Gasteiger partial charge on any atom is -0.313 e. The summed E-state index contributed by atoms with van der Waals surface area (Å²) in [6, 6.07) is 10.1. The van der Waals surface area contributed by atoms with Gasteiger partial charge in [0, 0.05) is 32.2 Å². The highest BCUT2D eigenvalue weighted by Gasteiger charge is 2.33. The van der Waals surface area contributed by atoms with Gasteiger partial charge in [-0.25, -0.2) is 0 Å². The summed E-state index contributed by atoms with van der Waals surface area (Å²) in [7, 11) is 0. The Bertz CT molecular complexity index is 620.